The molecule has 2 rings (SSSR count). The van der Waals surface area contributed by atoms with Gasteiger partial charge in [-0.1, -0.05) is 54.0 Å². The van der Waals surface area contributed by atoms with Crippen LogP contribution in [-0.4, -0.2) is 6.61 Å². The van der Waals surface area contributed by atoms with Gasteiger partial charge < -0.3 is 10.1 Å². The molecule has 1 unspecified atom stereocenters. The minimum absolute atomic E-state index is 0.282. The van der Waals surface area contributed by atoms with Gasteiger partial charge in [0.1, 0.15) is 5.75 Å². The fraction of sp³-hybridized carbons (Fsp3) is 0.333. The van der Waals surface area contributed by atoms with E-state index in [1.54, 1.807) is 0 Å². The Hall–Kier alpha value is -1.48. The summed E-state index contributed by atoms with van der Waals surface area (Å²) < 4.78 is 6.92. The van der Waals surface area contributed by atoms with Crippen LogP contribution in [0.25, 0.3) is 0 Å². The number of anilines is 1. The second kappa shape index (κ2) is 8.08. The number of halogens is 1. The lowest BCUT2D eigenvalue weighted by Gasteiger charge is -2.21. The molecule has 3 heteroatoms. The Morgan fingerprint density at radius 1 is 1.05 bits per heavy atom. The van der Waals surface area contributed by atoms with E-state index in [9.17, 15) is 0 Å². The third kappa shape index (κ3) is 4.50. The van der Waals surface area contributed by atoms with Gasteiger partial charge in [0.05, 0.1) is 18.3 Å². The van der Waals surface area contributed by atoms with Crippen molar-refractivity contribution in [3.63, 3.8) is 0 Å². The first-order valence-corrected chi connectivity index (χ1v) is 8.27. The lowest BCUT2D eigenvalue weighted by atomic mass is 10.0. The van der Waals surface area contributed by atoms with Crippen molar-refractivity contribution in [1.82, 2.24) is 0 Å². The van der Waals surface area contributed by atoms with Gasteiger partial charge in [-0.05, 0) is 42.7 Å². The van der Waals surface area contributed by atoms with Crippen molar-refractivity contribution < 1.29 is 4.74 Å². The molecule has 0 aromatic heterocycles. The molecule has 0 saturated heterocycles. The monoisotopic (exact) mass is 347 g/mol. The maximum Gasteiger partial charge on any atom is 0.142 e. The van der Waals surface area contributed by atoms with E-state index in [0.717, 1.165) is 35.4 Å². The number of para-hydroxylation sites is 2. The zero-order chi connectivity index (χ0) is 15.1. The topological polar surface area (TPSA) is 21.3 Å². The Labute approximate surface area is 135 Å². The summed E-state index contributed by atoms with van der Waals surface area (Å²) in [5.41, 5.74) is 2.34. The number of hydrogen-bond acceptors (Lipinski definition) is 2. The minimum atomic E-state index is 0.282. The first-order chi connectivity index (χ1) is 10.2. The van der Waals surface area contributed by atoms with E-state index >= 15 is 0 Å². The van der Waals surface area contributed by atoms with E-state index in [1.807, 2.05) is 18.2 Å². The average Bonchev–Trinajstić information content (AvgIpc) is 2.52. The van der Waals surface area contributed by atoms with E-state index < -0.39 is 0 Å². The first kappa shape index (κ1) is 15.9. The predicted octanol–water partition coefficient (Wildman–Crippen LogP) is 5.80. The number of hydrogen-bond donors (Lipinski definition) is 1. The van der Waals surface area contributed by atoms with Crippen molar-refractivity contribution in [3.05, 3.63) is 58.6 Å². The molecule has 1 atom stereocenters. The summed E-state index contributed by atoms with van der Waals surface area (Å²) in [7, 11) is 0. The summed E-state index contributed by atoms with van der Waals surface area (Å²) in [6, 6.07) is 16.9. The van der Waals surface area contributed by atoms with Crippen LogP contribution in [0.4, 0.5) is 5.69 Å². The standard InChI is InChI=1S/C18H22BrNO/c1-3-13-21-18-8-6-5-7-17(18)20-16(4-2)14-9-11-15(19)12-10-14/h5-12,16,20H,3-4,13H2,1-2H3. The highest BCUT2D eigenvalue weighted by atomic mass is 79.9. The largest absolute Gasteiger partial charge is 0.491 e. The molecule has 0 amide bonds. The van der Waals surface area contributed by atoms with E-state index in [-0.39, 0.29) is 6.04 Å². The third-order valence-corrected chi connectivity index (χ3v) is 3.89. The molecule has 0 heterocycles. The van der Waals surface area contributed by atoms with Gasteiger partial charge in [0.15, 0.2) is 0 Å². The molecule has 0 spiro atoms. The Morgan fingerprint density at radius 2 is 1.76 bits per heavy atom. The van der Waals surface area contributed by atoms with Gasteiger partial charge >= 0.3 is 0 Å². The Kier molecular flexibility index (Phi) is 6.12. The second-order valence-corrected chi connectivity index (χ2v) is 5.92. The lowest BCUT2D eigenvalue weighted by molar-refractivity contribution is 0.318. The smallest absolute Gasteiger partial charge is 0.142 e. The van der Waals surface area contributed by atoms with Crippen LogP contribution in [-0.2, 0) is 0 Å². The highest BCUT2D eigenvalue weighted by molar-refractivity contribution is 9.10. The van der Waals surface area contributed by atoms with E-state index in [4.69, 9.17) is 4.74 Å². The van der Waals surface area contributed by atoms with Crippen LogP contribution in [0.15, 0.2) is 53.0 Å². The molecule has 1 N–H and O–H groups in total. The van der Waals surface area contributed by atoms with Gasteiger partial charge in [-0.15, -0.1) is 0 Å². The van der Waals surface area contributed by atoms with Gasteiger partial charge in [0.2, 0.25) is 0 Å². The van der Waals surface area contributed by atoms with Crippen LogP contribution >= 0.6 is 15.9 Å². The predicted molar refractivity (Wildman–Crippen MR) is 93.0 cm³/mol. The molecule has 0 aliphatic carbocycles. The summed E-state index contributed by atoms with van der Waals surface area (Å²) in [4.78, 5) is 0. The van der Waals surface area contributed by atoms with E-state index in [1.165, 1.54) is 5.56 Å². The van der Waals surface area contributed by atoms with Crippen molar-refractivity contribution in [3.8, 4) is 5.75 Å². The van der Waals surface area contributed by atoms with Gasteiger partial charge in [-0.2, -0.15) is 0 Å². The van der Waals surface area contributed by atoms with Crippen molar-refractivity contribution in [2.24, 2.45) is 0 Å². The fourth-order valence-electron chi connectivity index (χ4n) is 2.23. The number of benzene rings is 2. The van der Waals surface area contributed by atoms with Crippen LogP contribution < -0.4 is 10.1 Å². The third-order valence-electron chi connectivity index (χ3n) is 3.36. The fourth-order valence-corrected chi connectivity index (χ4v) is 2.49. The molecule has 2 nitrogen and oxygen atoms in total. The maximum atomic E-state index is 5.82. The molecule has 2 aromatic carbocycles. The van der Waals surface area contributed by atoms with E-state index in [2.05, 4.69) is 65.4 Å². The zero-order valence-electron chi connectivity index (χ0n) is 12.6. The summed E-state index contributed by atoms with van der Waals surface area (Å²) in [5, 5.41) is 3.60. The van der Waals surface area contributed by atoms with Crippen LogP contribution in [0.5, 0.6) is 5.75 Å². The molecule has 0 aliphatic heterocycles. The summed E-state index contributed by atoms with van der Waals surface area (Å²) >= 11 is 3.48. The van der Waals surface area contributed by atoms with Gasteiger partial charge in [0.25, 0.3) is 0 Å². The zero-order valence-corrected chi connectivity index (χ0v) is 14.2. The van der Waals surface area contributed by atoms with Crippen molar-refractivity contribution in [2.75, 3.05) is 11.9 Å². The average molecular weight is 348 g/mol. The summed E-state index contributed by atoms with van der Waals surface area (Å²) in [5.74, 6) is 0.926. The van der Waals surface area contributed by atoms with Crippen LogP contribution in [0.3, 0.4) is 0 Å². The first-order valence-electron chi connectivity index (χ1n) is 7.48. The van der Waals surface area contributed by atoms with Gasteiger partial charge in [-0.3, -0.25) is 0 Å². The Balaban J connectivity index is 2.16. The molecule has 21 heavy (non-hydrogen) atoms. The highest BCUT2D eigenvalue weighted by Gasteiger charge is 2.11. The molecule has 0 bridgehead atoms. The van der Waals surface area contributed by atoms with Crippen LogP contribution in [0.1, 0.15) is 38.3 Å². The molecule has 2 aromatic rings. The van der Waals surface area contributed by atoms with E-state index in [0.29, 0.717) is 0 Å². The van der Waals surface area contributed by atoms with Gasteiger partial charge in [-0.25, -0.2) is 0 Å². The van der Waals surface area contributed by atoms with Crippen LogP contribution in [0, 0.1) is 0 Å². The molecule has 0 radical (unpaired) electrons. The van der Waals surface area contributed by atoms with Crippen molar-refractivity contribution in [2.45, 2.75) is 32.7 Å². The molecular formula is C18H22BrNO. The minimum Gasteiger partial charge on any atom is -0.491 e. The van der Waals surface area contributed by atoms with Crippen LogP contribution in [0.2, 0.25) is 0 Å². The molecule has 112 valence electrons. The summed E-state index contributed by atoms with van der Waals surface area (Å²) in [6.07, 6.45) is 2.03. The number of nitrogens with one attached hydrogen (secondary N) is 1. The number of ether oxygens (including phenoxy) is 1. The Bertz CT molecular complexity index is 553. The SMILES string of the molecule is CCCOc1ccccc1NC(CC)c1ccc(Br)cc1. The quantitative estimate of drug-likeness (QED) is 0.683. The van der Waals surface area contributed by atoms with Crippen molar-refractivity contribution in [1.29, 1.82) is 0 Å². The highest BCUT2D eigenvalue weighted by Crippen LogP contribution is 2.30. The Morgan fingerprint density at radius 3 is 2.43 bits per heavy atom. The second-order valence-electron chi connectivity index (χ2n) is 5.00. The molecule has 0 saturated carbocycles. The summed E-state index contributed by atoms with van der Waals surface area (Å²) in [6.45, 7) is 5.05. The van der Waals surface area contributed by atoms with Crippen molar-refractivity contribution >= 4 is 21.6 Å². The van der Waals surface area contributed by atoms with Gasteiger partial charge in [0, 0.05) is 4.47 Å². The lowest BCUT2D eigenvalue weighted by Crippen LogP contribution is -2.11. The molecule has 0 aliphatic rings. The maximum absolute atomic E-state index is 5.82. The molecule has 0 fully saturated rings. The number of rotatable bonds is 7. The molecular weight excluding hydrogens is 326 g/mol. The normalized spacial score (nSPS) is 12.0.